The Kier molecular flexibility index (Phi) is 6.52. The molecule has 0 aromatic carbocycles. The number of aryl methyl sites for hydroxylation is 1. The third kappa shape index (κ3) is 4.55. The van der Waals surface area contributed by atoms with Crippen molar-refractivity contribution >= 4 is 46.1 Å². The van der Waals surface area contributed by atoms with Gasteiger partial charge in [-0.2, -0.15) is 0 Å². The zero-order valence-electron chi connectivity index (χ0n) is 21.0. The first-order valence-corrected chi connectivity index (χ1v) is 12.8. The van der Waals surface area contributed by atoms with Gasteiger partial charge in [0.2, 0.25) is 17.8 Å². The summed E-state index contributed by atoms with van der Waals surface area (Å²) < 4.78 is 3.20. The van der Waals surface area contributed by atoms with E-state index in [4.69, 9.17) is 5.73 Å². The summed E-state index contributed by atoms with van der Waals surface area (Å²) in [6, 6.07) is -0.886. The zero-order valence-corrected chi connectivity index (χ0v) is 21.8. The summed E-state index contributed by atoms with van der Waals surface area (Å²) in [5.74, 6) is 0.351. The number of thiazole rings is 1. The highest BCUT2D eigenvalue weighted by atomic mass is 32.1. The Balaban J connectivity index is 1.35. The van der Waals surface area contributed by atoms with E-state index in [0.29, 0.717) is 22.7 Å². The Bertz CT molecular complexity index is 1650. The zero-order chi connectivity index (χ0) is 27.1. The van der Waals surface area contributed by atoms with Crippen molar-refractivity contribution in [1.29, 1.82) is 0 Å². The Morgan fingerprint density at radius 3 is 2.63 bits per heavy atom. The molecule has 14 nitrogen and oxygen atoms in total. The number of carbonyl (C=O) groups is 2. The number of fused-ring (bicyclic) bond motifs is 1. The molecular weight excluding hydrogens is 512 g/mol. The van der Waals surface area contributed by atoms with Crippen LogP contribution >= 0.6 is 11.3 Å². The Labute approximate surface area is 219 Å². The van der Waals surface area contributed by atoms with E-state index < -0.39 is 35.6 Å². The summed E-state index contributed by atoms with van der Waals surface area (Å²) in [6.45, 7) is 5.08. The molecule has 0 saturated carbocycles. The molecular formula is C23H26N10O4S. The second kappa shape index (κ2) is 9.81. The highest BCUT2D eigenvalue weighted by molar-refractivity contribution is 7.13. The maximum Gasteiger partial charge on any atom is 0.332 e. The first kappa shape index (κ1) is 25.3. The summed E-state index contributed by atoms with van der Waals surface area (Å²) >= 11 is 1.33. The van der Waals surface area contributed by atoms with Gasteiger partial charge in [0.1, 0.15) is 23.4 Å². The van der Waals surface area contributed by atoms with Crippen LogP contribution in [0.2, 0.25) is 0 Å². The van der Waals surface area contributed by atoms with Crippen molar-refractivity contribution < 1.29 is 9.59 Å². The number of aromatic nitrogens is 7. The van der Waals surface area contributed by atoms with Gasteiger partial charge in [-0.25, -0.2) is 29.3 Å². The van der Waals surface area contributed by atoms with E-state index in [1.165, 1.54) is 29.3 Å². The molecule has 4 aromatic heterocycles. The van der Waals surface area contributed by atoms with Crippen molar-refractivity contribution in [2.24, 2.45) is 18.7 Å². The summed E-state index contributed by atoms with van der Waals surface area (Å²) in [5.41, 5.74) is 4.52. The number of nitrogens with one attached hydrogen (secondary N) is 1. The third-order valence-corrected chi connectivity index (χ3v) is 7.41. The highest BCUT2D eigenvalue weighted by Crippen LogP contribution is 2.27. The molecule has 38 heavy (non-hydrogen) atoms. The molecule has 2 atom stereocenters. The molecule has 3 N–H and O–H groups in total. The van der Waals surface area contributed by atoms with E-state index in [2.05, 4.69) is 37.1 Å². The molecule has 0 spiro atoms. The number of carbonyl (C=O) groups excluding carboxylic acids is 2. The van der Waals surface area contributed by atoms with Crippen LogP contribution in [0, 0.1) is 5.92 Å². The fourth-order valence-corrected chi connectivity index (χ4v) is 5.14. The van der Waals surface area contributed by atoms with Crippen LogP contribution in [0.5, 0.6) is 0 Å². The van der Waals surface area contributed by atoms with Crippen molar-refractivity contribution in [3.63, 3.8) is 0 Å². The highest BCUT2D eigenvalue weighted by Gasteiger charge is 2.24. The number of nitrogens with zero attached hydrogens (tertiary/aromatic N) is 8. The quantitative estimate of drug-likeness (QED) is 0.336. The number of hydrogen-bond acceptors (Lipinski definition) is 10. The van der Waals surface area contributed by atoms with Gasteiger partial charge in [-0.3, -0.25) is 19.0 Å². The fraction of sp³-hybridized carbons (Fsp3) is 0.391. The molecule has 0 aliphatic carbocycles. The van der Waals surface area contributed by atoms with Gasteiger partial charge in [-0.15, -0.1) is 11.3 Å². The summed E-state index contributed by atoms with van der Waals surface area (Å²) in [4.78, 5) is 69.7. The number of primary amides is 1. The minimum Gasteiger partial charge on any atom is -0.368 e. The summed E-state index contributed by atoms with van der Waals surface area (Å²) in [5, 5.41) is 5.09. The lowest BCUT2D eigenvalue weighted by Crippen LogP contribution is -2.42. The van der Waals surface area contributed by atoms with Gasteiger partial charge in [0.15, 0.2) is 11.2 Å². The number of rotatable bonds is 7. The molecule has 15 heteroatoms. The molecule has 0 bridgehead atoms. The van der Waals surface area contributed by atoms with E-state index in [-0.39, 0.29) is 11.2 Å². The molecule has 1 fully saturated rings. The molecule has 1 unspecified atom stereocenters. The van der Waals surface area contributed by atoms with Crippen molar-refractivity contribution in [3.05, 3.63) is 44.9 Å². The van der Waals surface area contributed by atoms with Crippen LogP contribution in [-0.2, 0) is 23.2 Å². The maximum absolute atomic E-state index is 13.1. The van der Waals surface area contributed by atoms with Crippen LogP contribution < -0.4 is 27.2 Å². The molecule has 1 saturated heterocycles. The SMILES string of the molecule is CC1CCN(c2ncc(-c3nc(NC(=O)[C@H](C)n4cnc5c4c(=O)n(CC(N)=O)c(=O)n5C)cs3)cn2)C1. The number of nitrogens with two attached hydrogens (primary N) is 1. The Hall–Kier alpha value is -4.40. The van der Waals surface area contributed by atoms with Crippen LogP contribution in [0.3, 0.4) is 0 Å². The van der Waals surface area contributed by atoms with Gasteiger partial charge in [-0.1, -0.05) is 6.92 Å². The van der Waals surface area contributed by atoms with Gasteiger partial charge >= 0.3 is 5.69 Å². The van der Waals surface area contributed by atoms with E-state index in [1.807, 2.05) is 0 Å². The molecule has 4 aromatic rings. The maximum atomic E-state index is 13.1. The smallest absolute Gasteiger partial charge is 0.332 e. The minimum absolute atomic E-state index is 0.000369. The third-order valence-electron chi connectivity index (χ3n) is 6.52. The van der Waals surface area contributed by atoms with E-state index in [9.17, 15) is 19.2 Å². The van der Waals surface area contributed by atoms with E-state index in [1.54, 1.807) is 24.7 Å². The monoisotopic (exact) mass is 538 g/mol. The number of imidazole rings is 1. The van der Waals surface area contributed by atoms with Crippen molar-refractivity contribution in [1.82, 2.24) is 33.6 Å². The second-order valence-corrected chi connectivity index (χ2v) is 10.2. The van der Waals surface area contributed by atoms with Crippen LogP contribution in [0.4, 0.5) is 11.8 Å². The van der Waals surface area contributed by atoms with Crippen LogP contribution in [0.1, 0.15) is 26.3 Å². The lowest BCUT2D eigenvalue weighted by atomic mass is 10.2. The first-order valence-electron chi connectivity index (χ1n) is 11.9. The Morgan fingerprint density at radius 1 is 1.24 bits per heavy atom. The van der Waals surface area contributed by atoms with Gasteiger partial charge in [-0.05, 0) is 19.3 Å². The largest absolute Gasteiger partial charge is 0.368 e. The Morgan fingerprint density at radius 2 is 1.97 bits per heavy atom. The van der Waals surface area contributed by atoms with Crippen molar-refractivity contribution in [3.8, 4) is 10.6 Å². The standard InChI is InChI=1S/C23H26N10O4S/c1-12-4-5-31(8-12)22-25-6-14(7-26-22)20-29-16(10-38-20)28-19(35)13(2)33-11-27-18-17(33)21(36)32(9-15(24)34)23(37)30(18)3/h6-7,10-13H,4-5,8-9H2,1-3H3,(H2,24,34)(H,28,35)/t12?,13-/m0/s1. The predicted octanol–water partition coefficient (Wildman–Crippen LogP) is 0.341. The summed E-state index contributed by atoms with van der Waals surface area (Å²) in [6.07, 6.45) is 5.86. The normalized spacial score (nSPS) is 16.2. The van der Waals surface area contributed by atoms with Crippen LogP contribution in [0.25, 0.3) is 21.7 Å². The van der Waals surface area contributed by atoms with E-state index in [0.717, 1.165) is 34.2 Å². The average molecular weight is 539 g/mol. The number of amides is 2. The minimum atomic E-state index is -0.886. The predicted molar refractivity (Wildman–Crippen MR) is 141 cm³/mol. The van der Waals surface area contributed by atoms with E-state index >= 15 is 0 Å². The van der Waals surface area contributed by atoms with Gasteiger partial charge in [0, 0.05) is 43.5 Å². The molecule has 2 amide bonds. The summed E-state index contributed by atoms with van der Waals surface area (Å²) in [7, 11) is 1.42. The molecule has 0 radical (unpaired) electrons. The van der Waals surface area contributed by atoms with Gasteiger partial charge in [0.05, 0.1) is 6.33 Å². The lowest BCUT2D eigenvalue weighted by Gasteiger charge is -2.15. The van der Waals surface area contributed by atoms with Crippen molar-refractivity contribution in [2.45, 2.75) is 32.9 Å². The topological polar surface area (TPSA) is 176 Å². The van der Waals surface area contributed by atoms with Gasteiger partial charge < -0.3 is 20.5 Å². The molecule has 1 aliphatic rings. The van der Waals surface area contributed by atoms with Crippen LogP contribution in [0.15, 0.2) is 33.7 Å². The number of hydrogen-bond donors (Lipinski definition) is 2. The molecule has 1 aliphatic heterocycles. The fourth-order valence-electron chi connectivity index (χ4n) is 4.41. The number of anilines is 2. The molecule has 5 heterocycles. The molecule has 198 valence electrons. The van der Waals surface area contributed by atoms with Crippen molar-refractivity contribution in [2.75, 3.05) is 23.3 Å². The van der Waals surface area contributed by atoms with Gasteiger partial charge in [0.25, 0.3) is 5.56 Å². The second-order valence-electron chi connectivity index (χ2n) is 9.34. The lowest BCUT2D eigenvalue weighted by molar-refractivity contribution is -0.119. The first-order chi connectivity index (χ1) is 18.1. The van der Waals surface area contributed by atoms with Crippen LogP contribution in [-0.4, -0.2) is 58.5 Å². The average Bonchev–Trinajstić information content (AvgIpc) is 3.65. The molecule has 5 rings (SSSR count).